The zero-order valence-corrected chi connectivity index (χ0v) is 23.2. The molecule has 1 aromatic heterocycles. The Morgan fingerprint density at radius 1 is 1.13 bits per heavy atom. The summed E-state index contributed by atoms with van der Waals surface area (Å²) in [7, 11) is -1.97. The van der Waals surface area contributed by atoms with Crippen molar-refractivity contribution in [2.24, 2.45) is 0 Å². The summed E-state index contributed by atoms with van der Waals surface area (Å²) in [5, 5.41) is 5.09. The van der Waals surface area contributed by atoms with Crippen LogP contribution in [0.25, 0.3) is 11.3 Å². The highest BCUT2D eigenvalue weighted by atomic mass is 35.5. The maximum absolute atomic E-state index is 13.6. The predicted molar refractivity (Wildman–Crippen MR) is 142 cm³/mol. The Labute approximate surface area is 228 Å². The molecular formula is C26H34ClN5O5S. The maximum atomic E-state index is 13.6. The van der Waals surface area contributed by atoms with Gasteiger partial charge in [-0.2, -0.15) is 5.10 Å². The molecule has 0 bridgehead atoms. The molecule has 6 rings (SSSR count). The fourth-order valence-electron chi connectivity index (χ4n) is 6.09. The van der Waals surface area contributed by atoms with Crippen molar-refractivity contribution < 1.29 is 22.7 Å². The highest BCUT2D eigenvalue weighted by molar-refractivity contribution is 7.91. The van der Waals surface area contributed by atoms with E-state index in [0.29, 0.717) is 49.2 Å². The van der Waals surface area contributed by atoms with Gasteiger partial charge in [0.25, 0.3) is 5.91 Å². The van der Waals surface area contributed by atoms with Gasteiger partial charge in [0.1, 0.15) is 0 Å². The molecule has 0 radical (unpaired) electrons. The van der Waals surface area contributed by atoms with Crippen LogP contribution < -0.4 is 0 Å². The van der Waals surface area contributed by atoms with Crippen LogP contribution in [0.5, 0.6) is 0 Å². The minimum atomic E-state index is -3.73. The first-order valence-electron chi connectivity index (χ1n) is 13.3. The van der Waals surface area contributed by atoms with E-state index in [0.717, 1.165) is 52.1 Å². The van der Waals surface area contributed by atoms with Crippen molar-refractivity contribution in [2.45, 2.75) is 35.6 Å². The lowest BCUT2D eigenvalue weighted by Crippen LogP contribution is -2.54. The largest absolute Gasteiger partial charge is 0.379 e. The molecule has 38 heavy (non-hydrogen) atoms. The first-order valence-corrected chi connectivity index (χ1v) is 15.4. The quantitative estimate of drug-likeness (QED) is 0.526. The number of benzene rings is 1. The second kappa shape index (κ2) is 10.5. The molecule has 206 valence electrons. The average molecular weight is 564 g/mol. The van der Waals surface area contributed by atoms with E-state index < -0.39 is 9.84 Å². The van der Waals surface area contributed by atoms with E-state index >= 15 is 0 Å². The van der Waals surface area contributed by atoms with E-state index in [1.165, 1.54) is 0 Å². The SMILES string of the molecule is COC1CN(CCN2CCCC(n3nc(C(=O)N4CCOCC4)c4c3-c3cccc(Cl)c3S(=O)(=O)C4)C2)C1. The number of carbonyl (C=O) groups is 1. The summed E-state index contributed by atoms with van der Waals surface area (Å²) in [6.07, 6.45) is 2.26. The van der Waals surface area contributed by atoms with Crippen LogP contribution in [0.3, 0.4) is 0 Å². The lowest BCUT2D eigenvalue weighted by molar-refractivity contribution is -0.0334. The van der Waals surface area contributed by atoms with Gasteiger partial charge in [-0.05, 0) is 25.5 Å². The smallest absolute Gasteiger partial charge is 0.274 e. The van der Waals surface area contributed by atoms with Crippen LogP contribution in [0.2, 0.25) is 5.02 Å². The standard InChI is InChI=1S/C26H34ClN5O5S/c1-36-19-15-30(16-19)9-8-29-7-3-4-18(14-29)32-24-20-5-2-6-22(27)25(20)38(34,35)17-21(24)23(28-32)26(33)31-10-12-37-13-11-31/h2,5-6,18-19H,3-4,7-17H2,1H3. The molecule has 10 nitrogen and oxygen atoms in total. The number of ether oxygens (including phenoxy) is 2. The number of nitrogens with zero attached hydrogens (tertiary/aromatic N) is 5. The Balaban J connectivity index is 1.34. The third-order valence-corrected chi connectivity index (χ3v) is 10.4. The molecule has 12 heteroatoms. The summed E-state index contributed by atoms with van der Waals surface area (Å²) in [6.45, 7) is 7.55. The number of hydrogen-bond donors (Lipinski definition) is 0. The van der Waals surface area contributed by atoms with Crippen molar-refractivity contribution in [1.29, 1.82) is 0 Å². The summed E-state index contributed by atoms with van der Waals surface area (Å²) in [4.78, 5) is 20.3. The minimum absolute atomic E-state index is 0.0273. The molecule has 0 aliphatic carbocycles. The van der Waals surface area contributed by atoms with Crippen LogP contribution in [-0.4, -0.2) is 118 Å². The molecule has 4 aliphatic heterocycles. The maximum Gasteiger partial charge on any atom is 0.274 e. The van der Waals surface area contributed by atoms with Crippen molar-refractivity contribution in [3.63, 3.8) is 0 Å². The zero-order chi connectivity index (χ0) is 26.4. The summed E-state index contributed by atoms with van der Waals surface area (Å²) in [5.74, 6) is -0.515. The summed E-state index contributed by atoms with van der Waals surface area (Å²) >= 11 is 6.44. The van der Waals surface area contributed by atoms with Gasteiger partial charge in [0.2, 0.25) is 0 Å². The fraction of sp³-hybridized carbons (Fsp3) is 0.615. The average Bonchev–Trinajstić information content (AvgIpc) is 3.26. The topological polar surface area (TPSA) is 97.2 Å². The number of amides is 1. The first-order chi connectivity index (χ1) is 18.4. The Morgan fingerprint density at radius 2 is 1.89 bits per heavy atom. The van der Waals surface area contributed by atoms with Gasteiger partial charge in [-0.15, -0.1) is 0 Å². The van der Waals surface area contributed by atoms with Gasteiger partial charge >= 0.3 is 0 Å². The van der Waals surface area contributed by atoms with E-state index in [1.807, 2.05) is 4.68 Å². The summed E-state index contributed by atoms with van der Waals surface area (Å²) < 4.78 is 39.5. The lowest BCUT2D eigenvalue weighted by Gasteiger charge is -2.40. The van der Waals surface area contributed by atoms with E-state index in [1.54, 1.807) is 30.2 Å². The second-order valence-corrected chi connectivity index (χ2v) is 12.9. The fourth-order valence-corrected chi connectivity index (χ4v) is 8.28. The molecule has 2 aromatic rings. The van der Waals surface area contributed by atoms with Gasteiger partial charge in [0.15, 0.2) is 15.5 Å². The molecule has 1 amide bonds. The molecule has 1 unspecified atom stereocenters. The number of hydrogen-bond acceptors (Lipinski definition) is 8. The normalized spacial score (nSPS) is 24.1. The van der Waals surface area contributed by atoms with Crippen molar-refractivity contribution in [1.82, 2.24) is 24.5 Å². The van der Waals surface area contributed by atoms with E-state index in [2.05, 4.69) is 9.80 Å². The molecule has 3 saturated heterocycles. The van der Waals surface area contributed by atoms with Crippen molar-refractivity contribution in [2.75, 3.05) is 72.7 Å². The Bertz CT molecular complexity index is 1320. The first kappa shape index (κ1) is 26.2. The zero-order valence-electron chi connectivity index (χ0n) is 21.6. The molecule has 3 fully saturated rings. The number of methoxy groups -OCH3 is 1. The van der Waals surface area contributed by atoms with Crippen LogP contribution in [0.1, 0.15) is 34.9 Å². The van der Waals surface area contributed by atoms with E-state index in [9.17, 15) is 13.2 Å². The van der Waals surface area contributed by atoms with Crippen LogP contribution >= 0.6 is 11.6 Å². The summed E-state index contributed by atoms with van der Waals surface area (Å²) in [5.41, 5.74) is 1.97. The number of halogens is 1. The number of likely N-dealkylation sites (tertiary alicyclic amines) is 2. The second-order valence-electron chi connectivity index (χ2n) is 10.6. The lowest BCUT2D eigenvalue weighted by atomic mass is 10.0. The molecule has 4 aliphatic rings. The Morgan fingerprint density at radius 3 is 2.66 bits per heavy atom. The van der Waals surface area contributed by atoms with Gasteiger partial charge in [-0.1, -0.05) is 23.7 Å². The van der Waals surface area contributed by atoms with Gasteiger partial charge in [-0.3, -0.25) is 19.3 Å². The summed E-state index contributed by atoms with van der Waals surface area (Å²) in [6, 6.07) is 5.18. The van der Waals surface area contributed by atoms with Crippen molar-refractivity contribution >= 4 is 27.3 Å². The molecule has 1 aromatic carbocycles. The molecular weight excluding hydrogens is 530 g/mol. The number of sulfone groups is 1. The van der Waals surface area contributed by atoms with Gasteiger partial charge < -0.3 is 14.4 Å². The number of morpholine rings is 1. The molecule has 0 saturated carbocycles. The minimum Gasteiger partial charge on any atom is -0.379 e. The van der Waals surface area contributed by atoms with Gasteiger partial charge in [-0.25, -0.2) is 8.42 Å². The Hall–Kier alpha value is -2.02. The Kier molecular flexibility index (Phi) is 7.25. The van der Waals surface area contributed by atoms with Crippen LogP contribution in [0, 0.1) is 0 Å². The number of aromatic nitrogens is 2. The van der Waals surface area contributed by atoms with Gasteiger partial charge in [0.05, 0.1) is 46.7 Å². The van der Waals surface area contributed by atoms with Crippen LogP contribution in [0.15, 0.2) is 23.1 Å². The monoisotopic (exact) mass is 563 g/mol. The molecule has 5 heterocycles. The molecule has 0 spiro atoms. The number of piperidine rings is 1. The van der Waals surface area contributed by atoms with Crippen molar-refractivity contribution in [3.8, 4) is 11.3 Å². The van der Waals surface area contributed by atoms with Crippen LogP contribution in [0.4, 0.5) is 0 Å². The van der Waals surface area contributed by atoms with Crippen LogP contribution in [-0.2, 0) is 25.1 Å². The third kappa shape index (κ3) is 4.77. The third-order valence-electron chi connectivity index (χ3n) is 8.19. The van der Waals surface area contributed by atoms with E-state index in [-0.39, 0.29) is 33.3 Å². The number of fused-ring (bicyclic) bond motifs is 3. The highest BCUT2D eigenvalue weighted by Crippen LogP contribution is 2.44. The number of rotatable bonds is 6. The molecule has 0 N–H and O–H groups in total. The van der Waals surface area contributed by atoms with Gasteiger partial charge in [0, 0.05) is 64.0 Å². The predicted octanol–water partition coefficient (Wildman–Crippen LogP) is 1.93. The van der Waals surface area contributed by atoms with E-state index in [4.69, 9.17) is 26.2 Å². The molecule has 1 atom stereocenters. The highest BCUT2D eigenvalue weighted by Gasteiger charge is 2.40. The number of carbonyl (C=O) groups excluding carboxylic acids is 1. The van der Waals surface area contributed by atoms with Crippen molar-refractivity contribution in [3.05, 3.63) is 34.5 Å².